The van der Waals surface area contributed by atoms with E-state index in [1.165, 1.54) is 219 Å². The Labute approximate surface area is 371 Å². The molecule has 2 unspecified atom stereocenters. The van der Waals surface area contributed by atoms with Crippen LogP contribution < -0.4 is 22.1 Å². The Balaban J connectivity index is -0.00000597. The predicted molar refractivity (Wildman–Crippen MR) is 265 cm³/mol. The standard InChI is InChI=1S/C50H98N2O2.C2H7N.CH5N/c1-5-8-11-14-17-19-21-22-23-24-25-26-27-29-32-38-43-48(44-39-34-33-37-42-47(4)41-36-31-16-13-10-7-3)50(54)52-46-49(53)51-45-40-35-30-28-20-18-15-12-9-6-2;1-2-3;1-2/h22-23,47-48H,5-21,24-46H2,1-4H3,(H,51,53)(H,52,54);2-3H2,1H3;2H2,1H3/b23-22-;;. The molecule has 2 atom stereocenters. The third kappa shape index (κ3) is 54.6. The number of carbonyl (C=O) groups excluding carboxylic acids is 2. The van der Waals surface area contributed by atoms with Crippen molar-refractivity contribution in [3.63, 3.8) is 0 Å². The van der Waals surface area contributed by atoms with Gasteiger partial charge in [0.1, 0.15) is 0 Å². The SMILES string of the molecule is CCCCCCCC/C=C\CCCCCCCCC(CCCCCCC(C)CCCCCCCC)C(=O)NCC(=O)NCCCCCCCCCCCC.CCN.CN. The Kier molecular flexibility index (Phi) is 59.4. The third-order valence-electron chi connectivity index (χ3n) is 11.8. The number of unbranched alkanes of at least 4 members (excludes halogenated alkanes) is 29. The number of hydrogen-bond donors (Lipinski definition) is 4. The number of rotatable bonds is 44. The Morgan fingerprint density at radius 1 is 0.441 bits per heavy atom. The van der Waals surface area contributed by atoms with Gasteiger partial charge in [-0.15, -0.1) is 0 Å². The van der Waals surface area contributed by atoms with Gasteiger partial charge >= 0.3 is 0 Å². The highest BCUT2D eigenvalue weighted by Crippen LogP contribution is 2.22. The van der Waals surface area contributed by atoms with E-state index in [-0.39, 0.29) is 24.3 Å². The molecular formula is C53H110N4O2. The van der Waals surface area contributed by atoms with E-state index in [9.17, 15) is 9.59 Å². The lowest BCUT2D eigenvalue weighted by Gasteiger charge is -2.17. The molecule has 59 heavy (non-hydrogen) atoms. The summed E-state index contributed by atoms with van der Waals surface area (Å²) in [5.41, 5.74) is 9.35. The summed E-state index contributed by atoms with van der Waals surface area (Å²) in [5, 5.41) is 6.07. The molecule has 0 fully saturated rings. The number of hydrogen-bond acceptors (Lipinski definition) is 4. The predicted octanol–water partition coefficient (Wildman–Crippen LogP) is 15.5. The van der Waals surface area contributed by atoms with Gasteiger partial charge in [0.05, 0.1) is 6.54 Å². The fraction of sp³-hybridized carbons (Fsp3) is 0.925. The molecule has 0 aliphatic heterocycles. The van der Waals surface area contributed by atoms with Crippen molar-refractivity contribution in [1.29, 1.82) is 0 Å². The van der Waals surface area contributed by atoms with Crippen LogP contribution in [0.3, 0.4) is 0 Å². The zero-order valence-corrected chi connectivity index (χ0v) is 41.3. The maximum Gasteiger partial charge on any atom is 0.239 e. The van der Waals surface area contributed by atoms with Gasteiger partial charge in [-0.05, 0) is 64.5 Å². The van der Waals surface area contributed by atoms with Crippen LogP contribution in [0.25, 0.3) is 0 Å². The van der Waals surface area contributed by atoms with E-state index in [1.807, 2.05) is 6.92 Å². The first-order valence-electron chi connectivity index (χ1n) is 26.4. The smallest absolute Gasteiger partial charge is 0.239 e. The number of allylic oxidation sites excluding steroid dienone is 2. The second-order valence-corrected chi connectivity index (χ2v) is 17.7. The highest BCUT2D eigenvalue weighted by atomic mass is 16.2. The van der Waals surface area contributed by atoms with E-state index in [2.05, 4.69) is 56.2 Å². The van der Waals surface area contributed by atoms with E-state index in [0.29, 0.717) is 0 Å². The summed E-state index contributed by atoms with van der Waals surface area (Å²) >= 11 is 0. The topological polar surface area (TPSA) is 110 Å². The van der Waals surface area contributed by atoms with Crippen molar-refractivity contribution >= 4 is 11.8 Å². The van der Waals surface area contributed by atoms with Crippen molar-refractivity contribution in [3.05, 3.63) is 12.2 Å². The van der Waals surface area contributed by atoms with E-state index < -0.39 is 0 Å². The molecular weight excluding hydrogens is 725 g/mol. The second kappa shape index (κ2) is 56.6. The Bertz CT molecular complexity index is 819. The normalized spacial score (nSPS) is 12.1. The summed E-state index contributed by atoms with van der Waals surface area (Å²) < 4.78 is 0. The first-order chi connectivity index (χ1) is 29.0. The van der Waals surface area contributed by atoms with Gasteiger partial charge in [0.15, 0.2) is 0 Å². The highest BCUT2D eigenvalue weighted by molar-refractivity contribution is 5.85. The van der Waals surface area contributed by atoms with Gasteiger partial charge in [0, 0.05) is 12.5 Å². The fourth-order valence-electron chi connectivity index (χ4n) is 7.91. The van der Waals surface area contributed by atoms with Gasteiger partial charge in [0.2, 0.25) is 11.8 Å². The molecule has 0 aromatic rings. The molecule has 0 radical (unpaired) electrons. The van der Waals surface area contributed by atoms with Gasteiger partial charge in [-0.1, -0.05) is 246 Å². The van der Waals surface area contributed by atoms with E-state index in [4.69, 9.17) is 5.73 Å². The van der Waals surface area contributed by atoms with E-state index in [1.54, 1.807) is 0 Å². The summed E-state index contributed by atoms with van der Waals surface area (Å²) in [4.78, 5) is 25.8. The molecule has 6 heteroatoms. The van der Waals surface area contributed by atoms with Crippen molar-refractivity contribution in [1.82, 2.24) is 10.6 Å². The van der Waals surface area contributed by atoms with Crippen LogP contribution in [0.1, 0.15) is 279 Å². The lowest BCUT2D eigenvalue weighted by molar-refractivity contribution is -0.129. The van der Waals surface area contributed by atoms with Crippen LogP contribution in [0.5, 0.6) is 0 Å². The molecule has 0 bridgehead atoms. The summed E-state index contributed by atoms with van der Waals surface area (Å²) in [6.07, 6.45) is 54.0. The Morgan fingerprint density at radius 2 is 0.746 bits per heavy atom. The molecule has 0 aliphatic rings. The van der Waals surface area contributed by atoms with Crippen molar-refractivity contribution in [3.8, 4) is 0 Å². The molecule has 0 aliphatic carbocycles. The van der Waals surface area contributed by atoms with Gasteiger partial charge in [-0.25, -0.2) is 0 Å². The Morgan fingerprint density at radius 3 is 1.12 bits per heavy atom. The van der Waals surface area contributed by atoms with Crippen molar-refractivity contribution in [2.75, 3.05) is 26.7 Å². The maximum absolute atomic E-state index is 13.3. The van der Waals surface area contributed by atoms with Crippen molar-refractivity contribution in [2.45, 2.75) is 279 Å². The summed E-state index contributed by atoms with van der Waals surface area (Å²) in [6.45, 7) is 12.8. The summed E-state index contributed by atoms with van der Waals surface area (Å²) in [7, 11) is 1.50. The molecule has 6 N–H and O–H groups in total. The minimum absolute atomic E-state index is 0.0367. The van der Waals surface area contributed by atoms with Gasteiger partial charge < -0.3 is 22.1 Å². The molecule has 0 rings (SSSR count). The monoisotopic (exact) mass is 835 g/mol. The third-order valence-corrected chi connectivity index (χ3v) is 11.8. The molecule has 354 valence electrons. The highest BCUT2D eigenvalue weighted by Gasteiger charge is 2.18. The number of amides is 2. The quantitative estimate of drug-likeness (QED) is 0.0362. The summed E-state index contributed by atoms with van der Waals surface area (Å²) in [6, 6.07) is 0. The first-order valence-corrected chi connectivity index (χ1v) is 26.4. The zero-order valence-electron chi connectivity index (χ0n) is 41.3. The van der Waals surface area contributed by atoms with Gasteiger partial charge in [-0.3, -0.25) is 9.59 Å². The molecule has 0 spiro atoms. The molecule has 6 nitrogen and oxygen atoms in total. The largest absolute Gasteiger partial charge is 0.355 e. The zero-order chi connectivity index (χ0) is 44.1. The minimum Gasteiger partial charge on any atom is -0.355 e. The number of carbonyl (C=O) groups is 2. The molecule has 0 saturated heterocycles. The van der Waals surface area contributed by atoms with Crippen LogP contribution >= 0.6 is 0 Å². The number of nitrogens with two attached hydrogens (primary N) is 2. The van der Waals surface area contributed by atoms with Crippen LogP contribution in [0.2, 0.25) is 0 Å². The molecule has 2 amide bonds. The fourth-order valence-corrected chi connectivity index (χ4v) is 7.91. The van der Waals surface area contributed by atoms with Crippen LogP contribution in [0.15, 0.2) is 12.2 Å². The maximum atomic E-state index is 13.3. The molecule has 0 aromatic carbocycles. The van der Waals surface area contributed by atoms with Crippen LogP contribution in [-0.2, 0) is 9.59 Å². The summed E-state index contributed by atoms with van der Waals surface area (Å²) in [5.74, 6) is 0.954. The average molecular weight is 835 g/mol. The number of nitrogens with one attached hydrogen (secondary N) is 2. The lowest BCUT2D eigenvalue weighted by Crippen LogP contribution is -2.40. The molecule has 0 saturated carbocycles. The minimum atomic E-state index is -0.0367. The Hall–Kier alpha value is -1.40. The van der Waals surface area contributed by atoms with Gasteiger partial charge in [0.25, 0.3) is 0 Å². The average Bonchev–Trinajstić information content (AvgIpc) is 3.24. The molecule has 0 heterocycles. The van der Waals surface area contributed by atoms with Crippen molar-refractivity contribution in [2.24, 2.45) is 23.3 Å². The van der Waals surface area contributed by atoms with Gasteiger partial charge in [-0.2, -0.15) is 0 Å². The van der Waals surface area contributed by atoms with E-state index >= 15 is 0 Å². The van der Waals surface area contributed by atoms with Crippen molar-refractivity contribution < 1.29 is 9.59 Å². The van der Waals surface area contributed by atoms with E-state index in [0.717, 1.165) is 51.1 Å². The van der Waals surface area contributed by atoms with Crippen LogP contribution in [0.4, 0.5) is 0 Å². The first kappa shape index (κ1) is 61.9. The lowest BCUT2D eigenvalue weighted by atomic mass is 9.92. The second-order valence-electron chi connectivity index (χ2n) is 17.7. The van der Waals surface area contributed by atoms with Crippen LogP contribution in [0, 0.1) is 11.8 Å². The molecule has 0 aromatic heterocycles. The van der Waals surface area contributed by atoms with Crippen LogP contribution in [-0.4, -0.2) is 38.5 Å².